The second-order valence-corrected chi connectivity index (χ2v) is 6.43. The van der Waals surface area contributed by atoms with Gasteiger partial charge < -0.3 is 10.2 Å². The zero-order valence-corrected chi connectivity index (χ0v) is 14.6. The molecule has 2 heterocycles. The zero-order valence-electron chi connectivity index (χ0n) is 14.6. The lowest BCUT2D eigenvalue weighted by Gasteiger charge is -2.39. The molecule has 0 fully saturated rings. The summed E-state index contributed by atoms with van der Waals surface area (Å²) < 4.78 is 0. The first-order valence-corrected chi connectivity index (χ1v) is 8.73. The van der Waals surface area contributed by atoms with Crippen molar-refractivity contribution in [3.63, 3.8) is 0 Å². The lowest BCUT2D eigenvalue weighted by atomic mass is 9.91. The molecule has 0 spiro atoms. The van der Waals surface area contributed by atoms with E-state index in [9.17, 15) is 9.59 Å². The Labute approximate surface area is 148 Å². The molecule has 1 aliphatic heterocycles. The number of nitrogens with one attached hydrogen (secondary N) is 1. The van der Waals surface area contributed by atoms with Gasteiger partial charge in [0.25, 0.3) is 5.91 Å². The first kappa shape index (κ1) is 17.1. The van der Waals surface area contributed by atoms with Crippen LogP contribution in [0.4, 0.5) is 5.69 Å². The van der Waals surface area contributed by atoms with Crippen LogP contribution in [-0.2, 0) is 4.79 Å². The third-order valence-electron chi connectivity index (χ3n) is 4.53. The zero-order chi connectivity index (χ0) is 17.8. The molecule has 3 rings (SSSR count). The van der Waals surface area contributed by atoms with E-state index in [-0.39, 0.29) is 23.9 Å². The number of fused-ring (bicyclic) bond motifs is 1. The summed E-state index contributed by atoms with van der Waals surface area (Å²) in [6.45, 7) is 4.01. The number of rotatable bonds is 4. The topological polar surface area (TPSA) is 62.3 Å². The number of para-hydroxylation sites is 1. The normalized spacial score (nSPS) is 19.2. The average molecular weight is 337 g/mol. The van der Waals surface area contributed by atoms with Crippen LogP contribution in [0.1, 0.15) is 55.1 Å². The smallest absolute Gasteiger partial charge is 0.260 e. The van der Waals surface area contributed by atoms with Crippen LogP contribution >= 0.6 is 0 Å². The number of aromatic nitrogens is 1. The molecule has 5 nitrogen and oxygen atoms in total. The molecule has 2 aromatic rings. The minimum atomic E-state index is -0.0665. The molecule has 0 saturated carbocycles. The van der Waals surface area contributed by atoms with Gasteiger partial charge in [-0.15, -0.1) is 0 Å². The van der Waals surface area contributed by atoms with Crippen molar-refractivity contribution in [1.29, 1.82) is 0 Å². The van der Waals surface area contributed by atoms with Gasteiger partial charge in [0.15, 0.2) is 0 Å². The summed E-state index contributed by atoms with van der Waals surface area (Å²) in [5.41, 5.74) is 2.41. The number of carbonyl (C=O) groups excluding carboxylic acids is 2. The molecule has 25 heavy (non-hydrogen) atoms. The van der Waals surface area contributed by atoms with Gasteiger partial charge in [-0.05, 0) is 43.5 Å². The number of nitrogens with zero attached hydrogens (tertiary/aromatic N) is 2. The second-order valence-electron chi connectivity index (χ2n) is 6.43. The van der Waals surface area contributed by atoms with Gasteiger partial charge in [-0.2, -0.15) is 0 Å². The Kier molecular flexibility index (Phi) is 5.12. The van der Waals surface area contributed by atoms with Crippen molar-refractivity contribution < 1.29 is 9.59 Å². The van der Waals surface area contributed by atoms with Crippen LogP contribution in [0.3, 0.4) is 0 Å². The van der Waals surface area contributed by atoms with Crippen LogP contribution in [0.5, 0.6) is 0 Å². The lowest BCUT2D eigenvalue weighted by Crippen LogP contribution is -2.46. The van der Waals surface area contributed by atoms with Gasteiger partial charge in [0, 0.05) is 30.5 Å². The second kappa shape index (κ2) is 7.47. The molecule has 1 aromatic heterocycles. The Morgan fingerprint density at radius 1 is 1.24 bits per heavy atom. The molecule has 5 heteroatoms. The van der Waals surface area contributed by atoms with Crippen LogP contribution in [0.25, 0.3) is 0 Å². The molecule has 2 amide bonds. The van der Waals surface area contributed by atoms with Gasteiger partial charge in [0.05, 0.1) is 11.6 Å². The van der Waals surface area contributed by atoms with Crippen molar-refractivity contribution in [3.8, 4) is 0 Å². The lowest BCUT2D eigenvalue weighted by molar-refractivity contribution is -0.121. The van der Waals surface area contributed by atoms with Crippen LogP contribution in [0.2, 0.25) is 0 Å². The van der Waals surface area contributed by atoms with E-state index in [1.54, 1.807) is 24.5 Å². The Hall–Kier alpha value is -2.69. The van der Waals surface area contributed by atoms with Gasteiger partial charge in [0.2, 0.25) is 5.91 Å². The highest BCUT2D eigenvalue weighted by molar-refractivity contribution is 6.07. The van der Waals surface area contributed by atoms with E-state index in [0.717, 1.165) is 17.7 Å². The number of pyridine rings is 1. The molecule has 0 saturated heterocycles. The fraction of sp³-hybridized carbons (Fsp3) is 0.350. The number of benzene rings is 1. The average Bonchev–Trinajstić information content (AvgIpc) is 2.62. The minimum Gasteiger partial charge on any atom is -0.349 e. The van der Waals surface area contributed by atoms with Crippen LogP contribution < -0.4 is 10.2 Å². The van der Waals surface area contributed by atoms with E-state index in [1.165, 1.54) is 0 Å². The largest absolute Gasteiger partial charge is 0.349 e. The minimum absolute atomic E-state index is 0.0190. The Morgan fingerprint density at radius 2 is 2.04 bits per heavy atom. The van der Waals surface area contributed by atoms with Crippen LogP contribution in [0.15, 0.2) is 48.8 Å². The molecule has 2 atom stereocenters. The monoisotopic (exact) mass is 337 g/mol. The number of amides is 2. The van der Waals surface area contributed by atoms with Gasteiger partial charge in [-0.1, -0.05) is 25.1 Å². The summed E-state index contributed by atoms with van der Waals surface area (Å²) in [4.78, 5) is 30.9. The van der Waals surface area contributed by atoms with E-state index in [0.29, 0.717) is 18.4 Å². The number of carbonyl (C=O) groups is 2. The van der Waals surface area contributed by atoms with Crippen molar-refractivity contribution >= 4 is 17.5 Å². The van der Waals surface area contributed by atoms with Crippen molar-refractivity contribution in [2.75, 3.05) is 4.90 Å². The Morgan fingerprint density at radius 3 is 2.76 bits per heavy atom. The first-order chi connectivity index (χ1) is 12.1. The molecule has 1 aromatic carbocycles. The van der Waals surface area contributed by atoms with Crippen molar-refractivity contribution in [2.45, 2.75) is 45.2 Å². The summed E-state index contributed by atoms with van der Waals surface area (Å²) in [6.07, 6.45) is 5.28. The molecule has 2 unspecified atom stereocenters. The van der Waals surface area contributed by atoms with E-state index in [4.69, 9.17) is 0 Å². The molecule has 0 aliphatic carbocycles. The van der Waals surface area contributed by atoms with Crippen molar-refractivity contribution in [2.24, 2.45) is 0 Å². The third-order valence-corrected chi connectivity index (χ3v) is 4.53. The van der Waals surface area contributed by atoms with E-state index < -0.39 is 0 Å². The maximum atomic E-state index is 13.0. The van der Waals surface area contributed by atoms with E-state index in [1.807, 2.05) is 43.0 Å². The number of hydrogen-bond acceptors (Lipinski definition) is 3. The maximum absolute atomic E-state index is 13.0. The van der Waals surface area contributed by atoms with Crippen LogP contribution in [-0.4, -0.2) is 22.8 Å². The van der Waals surface area contributed by atoms with E-state index >= 15 is 0 Å². The Balaban J connectivity index is 1.93. The molecule has 0 bridgehead atoms. The quantitative estimate of drug-likeness (QED) is 0.929. The SMILES string of the molecule is CCCC(=O)NC1CC(C)N(C(=O)c2cccnc2)c2ccccc21. The fourth-order valence-electron chi connectivity index (χ4n) is 3.38. The standard InChI is InChI=1S/C20H23N3O2/c1-3-7-19(24)22-17-12-14(2)23(18-10-5-4-9-16(17)18)20(25)15-8-6-11-21-13-15/h4-6,8-11,13-14,17H,3,7,12H2,1-2H3,(H,22,24). The summed E-state index contributed by atoms with van der Waals surface area (Å²) in [7, 11) is 0. The van der Waals surface area contributed by atoms with Gasteiger partial charge in [0.1, 0.15) is 0 Å². The highest BCUT2D eigenvalue weighted by Gasteiger charge is 2.34. The maximum Gasteiger partial charge on any atom is 0.260 e. The first-order valence-electron chi connectivity index (χ1n) is 8.73. The fourth-order valence-corrected chi connectivity index (χ4v) is 3.38. The molecule has 130 valence electrons. The van der Waals surface area contributed by atoms with Gasteiger partial charge in [-0.25, -0.2) is 0 Å². The van der Waals surface area contributed by atoms with E-state index in [2.05, 4.69) is 10.3 Å². The van der Waals surface area contributed by atoms with Crippen molar-refractivity contribution in [3.05, 3.63) is 59.9 Å². The highest BCUT2D eigenvalue weighted by atomic mass is 16.2. The third kappa shape index (κ3) is 3.55. The number of hydrogen-bond donors (Lipinski definition) is 1. The van der Waals surface area contributed by atoms with Gasteiger partial charge in [-0.3, -0.25) is 14.6 Å². The molecule has 1 N–H and O–H groups in total. The van der Waals surface area contributed by atoms with Gasteiger partial charge >= 0.3 is 0 Å². The van der Waals surface area contributed by atoms with Crippen molar-refractivity contribution in [1.82, 2.24) is 10.3 Å². The summed E-state index contributed by atoms with van der Waals surface area (Å²) >= 11 is 0. The molecular weight excluding hydrogens is 314 g/mol. The predicted octanol–water partition coefficient (Wildman–Crippen LogP) is 3.48. The summed E-state index contributed by atoms with van der Waals surface area (Å²) in [5, 5.41) is 3.12. The molecular formula is C20H23N3O2. The molecule has 0 radical (unpaired) electrons. The number of anilines is 1. The van der Waals surface area contributed by atoms with Crippen LogP contribution in [0, 0.1) is 0 Å². The molecule has 1 aliphatic rings. The summed E-state index contributed by atoms with van der Waals surface area (Å²) in [6, 6.07) is 11.3. The Bertz CT molecular complexity index is 761. The highest BCUT2D eigenvalue weighted by Crippen LogP contribution is 2.37. The summed E-state index contributed by atoms with van der Waals surface area (Å²) in [5.74, 6) is -0.00655. The predicted molar refractivity (Wildman–Crippen MR) is 97.4 cm³/mol.